The van der Waals surface area contributed by atoms with E-state index in [1.165, 1.54) is 14.2 Å². The van der Waals surface area contributed by atoms with Gasteiger partial charge in [0.15, 0.2) is 17.8 Å². The molecule has 0 unspecified atom stereocenters. The fourth-order valence-electron chi connectivity index (χ4n) is 3.60. The molecule has 0 bridgehead atoms. The Balaban J connectivity index is 1.61. The van der Waals surface area contributed by atoms with Gasteiger partial charge in [-0.1, -0.05) is 5.16 Å². The molecule has 2 aliphatic rings. The molecule has 2 aliphatic heterocycles. The number of aldehydes is 1. The maximum absolute atomic E-state index is 11.9. The van der Waals surface area contributed by atoms with Crippen molar-refractivity contribution in [1.29, 1.82) is 0 Å². The second kappa shape index (κ2) is 7.90. The van der Waals surface area contributed by atoms with Gasteiger partial charge in [0.1, 0.15) is 11.9 Å². The van der Waals surface area contributed by atoms with Gasteiger partial charge in [0.25, 0.3) is 0 Å². The van der Waals surface area contributed by atoms with Crippen molar-refractivity contribution in [3.8, 4) is 28.7 Å². The Morgan fingerprint density at radius 3 is 2.34 bits per heavy atom. The van der Waals surface area contributed by atoms with E-state index < -0.39 is 0 Å². The van der Waals surface area contributed by atoms with Crippen LogP contribution in [0.5, 0.6) is 28.7 Å². The third kappa shape index (κ3) is 3.30. The first kappa shape index (κ1) is 18.9. The van der Waals surface area contributed by atoms with Crippen LogP contribution in [0.15, 0.2) is 29.4 Å². The third-order valence-electron chi connectivity index (χ3n) is 4.98. The lowest BCUT2D eigenvalue weighted by Crippen LogP contribution is -2.15. The van der Waals surface area contributed by atoms with Crippen molar-refractivity contribution >= 4 is 12.0 Å². The number of rotatable bonds is 7. The summed E-state index contributed by atoms with van der Waals surface area (Å²) in [6.07, 6.45) is 1.46. The maximum atomic E-state index is 11.9. The van der Waals surface area contributed by atoms with Crippen LogP contribution in [0.4, 0.5) is 0 Å². The maximum Gasteiger partial charge on any atom is 0.231 e. The number of carbonyl (C=O) groups is 1. The molecule has 0 spiro atoms. The minimum atomic E-state index is -0.259. The average molecular weight is 399 g/mol. The van der Waals surface area contributed by atoms with Crippen molar-refractivity contribution in [3.63, 3.8) is 0 Å². The molecule has 0 saturated heterocycles. The van der Waals surface area contributed by atoms with E-state index in [-0.39, 0.29) is 12.9 Å². The highest BCUT2D eigenvalue weighted by Gasteiger charge is 2.34. The third-order valence-corrected chi connectivity index (χ3v) is 4.98. The van der Waals surface area contributed by atoms with Gasteiger partial charge in [0.2, 0.25) is 18.3 Å². The number of hydrogen-bond acceptors (Lipinski definition) is 8. The summed E-state index contributed by atoms with van der Waals surface area (Å²) in [5, 5.41) is 4.22. The van der Waals surface area contributed by atoms with E-state index in [4.69, 9.17) is 28.5 Å². The molecule has 0 fully saturated rings. The van der Waals surface area contributed by atoms with Crippen LogP contribution in [-0.4, -0.2) is 46.2 Å². The van der Waals surface area contributed by atoms with E-state index >= 15 is 0 Å². The molecule has 1 atom stereocenters. The van der Waals surface area contributed by atoms with Gasteiger partial charge in [-0.25, -0.2) is 0 Å². The number of oxime groups is 1. The van der Waals surface area contributed by atoms with Crippen molar-refractivity contribution in [1.82, 2.24) is 0 Å². The monoisotopic (exact) mass is 399 g/mol. The summed E-state index contributed by atoms with van der Waals surface area (Å²) < 4.78 is 27.2. The van der Waals surface area contributed by atoms with E-state index in [1.807, 2.05) is 24.3 Å². The lowest BCUT2D eigenvalue weighted by atomic mass is 9.95. The van der Waals surface area contributed by atoms with Gasteiger partial charge in [0.05, 0.1) is 32.6 Å². The Bertz CT molecular complexity index is 953. The second-order valence-electron chi connectivity index (χ2n) is 6.54. The average Bonchev–Trinajstić information content (AvgIpc) is 3.42. The van der Waals surface area contributed by atoms with Crippen molar-refractivity contribution < 1.29 is 33.3 Å². The van der Waals surface area contributed by atoms with E-state index in [0.29, 0.717) is 47.0 Å². The van der Waals surface area contributed by atoms with E-state index in [0.717, 1.165) is 23.3 Å². The van der Waals surface area contributed by atoms with Crippen LogP contribution in [0.1, 0.15) is 27.9 Å². The summed E-state index contributed by atoms with van der Waals surface area (Å²) in [6, 6.07) is 7.62. The molecule has 2 aromatic rings. The molecule has 152 valence electrons. The lowest BCUT2D eigenvalue weighted by molar-refractivity contribution is 0.0850. The summed E-state index contributed by atoms with van der Waals surface area (Å²) in [6.45, 7) is 0.0362. The Morgan fingerprint density at radius 1 is 1.03 bits per heavy atom. The number of methoxy groups -OCH3 is 3. The van der Waals surface area contributed by atoms with E-state index in [9.17, 15) is 4.79 Å². The smallest absolute Gasteiger partial charge is 0.231 e. The van der Waals surface area contributed by atoms with Crippen LogP contribution in [-0.2, 0) is 11.3 Å². The highest BCUT2D eigenvalue weighted by atomic mass is 16.7. The van der Waals surface area contributed by atoms with Gasteiger partial charge in [-0.2, -0.15) is 0 Å². The molecular formula is C21H21NO7. The number of ether oxygens (including phenoxy) is 5. The van der Waals surface area contributed by atoms with E-state index in [1.54, 1.807) is 7.11 Å². The highest BCUT2D eigenvalue weighted by molar-refractivity contribution is 6.01. The van der Waals surface area contributed by atoms with Crippen molar-refractivity contribution in [3.05, 3.63) is 41.0 Å². The second-order valence-corrected chi connectivity index (χ2v) is 6.54. The summed E-state index contributed by atoms with van der Waals surface area (Å²) in [5.74, 6) is 2.36. The van der Waals surface area contributed by atoms with Gasteiger partial charge in [-0.3, -0.25) is 4.79 Å². The molecule has 0 N–H and O–H groups in total. The van der Waals surface area contributed by atoms with Crippen LogP contribution < -0.4 is 23.7 Å². The van der Waals surface area contributed by atoms with Crippen molar-refractivity contribution in [2.45, 2.75) is 18.9 Å². The number of carbonyl (C=O) groups excluding carboxylic acids is 1. The summed E-state index contributed by atoms with van der Waals surface area (Å²) in [7, 11) is 4.63. The minimum Gasteiger partial charge on any atom is -0.497 e. The zero-order chi connectivity index (χ0) is 20.4. The fraction of sp³-hybridized carbons (Fsp3) is 0.333. The Labute approximate surface area is 167 Å². The minimum absolute atomic E-state index is 0.0362. The molecule has 8 heteroatoms. The molecule has 2 aromatic carbocycles. The first-order valence-corrected chi connectivity index (χ1v) is 9.08. The number of benzene rings is 2. The molecule has 0 radical (unpaired) electrons. The molecule has 0 aromatic heterocycles. The first-order chi connectivity index (χ1) is 14.2. The van der Waals surface area contributed by atoms with Crippen LogP contribution >= 0.6 is 0 Å². The summed E-state index contributed by atoms with van der Waals surface area (Å²) in [4.78, 5) is 17.5. The van der Waals surface area contributed by atoms with E-state index in [2.05, 4.69) is 5.16 Å². The van der Waals surface area contributed by atoms with Crippen LogP contribution in [0, 0.1) is 0 Å². The highest BCUT2D eigenvalue weighted by Crippen LogP contribution is 2.52. The lowest BCUT2D eigenvalue weighted by Gasteiger charge is -2.18. The standard InChI is InChI=1S/C21H21NO7/c1-24-13-6-4-12(5-7-13)17-9-14(29-22-17)8-15-16(10-23)19(26-3)21-20(18(15)25-2)27-11-28-21/h4-7,10,14H,8-9,11H2,1-3H3/t14-/m1/s1. The molecule has 0 amide bonds. The molecule has 0 aliphatic carbocycles. The van der Waals surface area contributed by atoms with Crippen molar-refractivity contribution in [2.24, 2.45) is 5.16 Å². The van der Waals surface area contributed by atoms with Gasteiger partial charge < -0.3 is 28.5 Å². The zero-order valence-electron chi connectivity index (χ0n) is 16.4. The van der Waals surface area contributed by atoms with Gasteiger partial charge in [-0.15, -0.1) is 0 Å². The molecule has 8 nitrogen and oxygen atoms in total. The number of fused-ring (bicyclic) bond motifs is 1. The normalized spacial score (nSPS) is 16.8. The van der Waals surface area contributed by atoms with Gasteiger partial charge in [0, 0.05) is 18.4 Å². The Hall–Kier alpha value is -3.42. The molecule has 29 heavy (non-hydrogen) atoms. The van der Waals surface area contributed by atoms with Crippen LogP contribution in [0.25, 0.3) is 0 Å². The fourth-order valence-corrected chi connectivity index (χ4v) is 3.60. The summed E-state index contributed by atoms with van der Waals surface area (Å²) >= 11 is 0. The van der Waals surface area contributed by atoms with Crippen LogP contribution in [0.3, 0.4) is 0 Å². The first-order valence-electron chi connectivity index (χ1n) is 9.08. The number of hydrogen-bond donors (Lipinski definition) is 0. The zero-order valence-corrected chi connectivity index (χ0v) is 16.4. The molecule has 4 rings (SSSR count). The Morgan fingerprint density at radius 2 is 1.72 bits per heavy atom. The van der Waals surface area contributed by atoms with Crippen molar-refractivity contribution in [2.75, 3.05) is 28.1 Å². The largest absolute Gasteiger partial charge is 0.497 e. The molecular weight excluding hydrogens is 378 g/mol. The predicted octanol–water partition coefficient (Wildman–Crippen LogP) is 2.99. The number of nitrogens with zero attached hydrogens (tertiary/aromatic N) is 1. The van der Waals surface area contributed by atoms with Gasteiger partial charge in [-0.05, 0) is 29.8 Å². The quantitative estimate of drug-likeness (QED) is 0.662. The molecule has 2 heterocycles. The summed E-state index contributed by atoms with van der Waals surface area (Å²) in [5.41, 5.74) is 2.78. The van der Waals surface area contributed by atoms with Gasteiger partial charge >= 0.3 is 0 Å². The Kier molecular flexibility index (Phi) is 5.16. The predicted molar refractivity (Wildman–Crippen MR) is 104 cm³/mol. The topological polar surface area (TPSA) is 84.8 Å². The van der Waals surface area contributed by atoms with Crippen LogP contribution in [0.2, 0.25) is 0 Å². The SMILES string of the molecule is COc1ccc(C2=NO[C@H](Cc3c(C=O)c(OC)c4c(c3OC)OCO4)C2)cc1. The molecule has 0 saturated carbocycles.